The summed E-state index contributed by atoms with van der Waals surface area (Å²) in [5.74, 6) is 2.64. The zero-order valence-corrected chi connectivity index (χ0v) is 18.9. The van der Waals surface area contributed by atoms with Crippen LogP contribution in [0.5, 0.6) is 0 Å². The second-order valence-corrected chi connectivity index (χ2v) is 9.08. The molecule has 31 heavy (non-hydrogen) atoms. The Hall–Kier alpha value is -2.43. The molecule has 1 saturated heterocycles. The normalized spacial score (nSPS) is 25.4. The summed E-state index contributed by atoms with van der Waals surface area (Å²) in [6.45, 7) is 7.02. The van der Waals surface area contributed by atoms with E-state index in [0.717, 1.165) is 12.8 Å². The number of carbonyl (C=O) groups excluding carboxylic acids is 4. The topological polar surface area (TPSA) is 92.8 Å². The van der Waals surface area contributed by atoms with Crippen LogP contribution in [0.15, 0.2) is 0 Å². The molecule has 3 unspecified atom stereocenters. The standard InChI is InChI=1S/C23H33FN2O5/c1-5-21(3,20(30)31-26-17(27)12-13-18(26)28)16-22(4,6-2)25-19(29)23(24)14-10-8-7-9-11-15-23/h5-10,12-14,16H2,1-4H3,(H,25,29). The maximum atomic E-state index is 15.3. The van der Waals surface area contributed by atoms with Gasteiger partial charge >= 0.3 is 5.97 Å². The Labute approximate surface area is 183 Å². The zero-order valence-electron chi connectivity index (χ0n) is 18.9. The van der Waals surface area contributed by atoms with Gasteiger partial charge in [-0.2, -0.15) is 0 Å². The molecule has 1 heterocycles. The molecule has 0 bridgehead atoms. The van der Waals surface area contributed by atoms with E-state index in [2.05, 4.69) is 17.2 Å². The molecule has 172 valence electrons. The van der Waals surface area contributed by atoms with Gasteiger partial charge in [0.2, 0.25) is 5.67 Å². The first-order chi connectivity index (χ1) is 14.5. The van der Waals surface area contributed by atoms with Crippen LogP contribution in [0.3, 0.4) is 0 Å². The van der Waals surface area contributed by atoms with Crippen LogP contribution in [0.25, 0.3) is 0 Å². The minimum absolute atomic E-state index is 0.0112. The Bertz CT molecular complexity index is 788. The molecule has 1 N–H and O–H groups in total. The molecule has 0 aromatic rings. The second-order valence-electron chi connectivity index (χ2n) is 9.08. The lowest BCUT2D eigenvalue weighted by atomic mass is 9.74. The molecule has 2 aliphatic rings. The molecule has 3 atom stereocenters. The van der Waals surface area contributed by atoms with Crippen LogP contribution in [-0.4, -0.2) is 40.0 Å². The molecular formula is C23H33FN2O5. The number of rotatable bonds is 8. The van der Waals surface area contributed by atoms with Crippen molar-refractivity contribution in [2.24, 2.45) is 5.41 Å². The fraction of sp³-hybridized carbons (Fsp3) is 0.739. The highest BCUT2D eigenvalue weighted by Gasteiger charge is 2.46. The van der Waals surface area contributed by atoms with E-state index < -0.39 is 40.3 Å². The van der Waals surface area contributed by atoms with Crippen LogP contribution in [-0.2, 0) is 24.0 Å². The quantitative estimate of drug-likeness (QED) is 0.465. The monoisotopic (exact) mass is 436 g/mol. The number of nitrogens with one attached hydrogen (secondary N) is 1. The van der Waals surface area contributed by atoms with Gasteiger partial charge < -0.3 is 10.2 Å². The molecule has 7 nitrogen and oxygen atoms in total. The maximum absolute atomic E-state index is 15.3. The van der Waals surface area contributed by atoms with Gasteiger partial charge in [-0.1, -0.05) is 32.1 Å². The van der Waals surface area contributed by atoms with Crippen molar-refractivity contribution in [1.82, 2.24) is 10.4 Å². The van der Waals surface area contributed by atoms with Crippen molar-refractivity contribution >= 4 is 23.7 Å². The van der Waals surface area contributed by atoms with Gasteiger partial charge in [-0.05, 0) is 46.0 Å². The van der Waals surface area contributed by atoms with Gasteiger partial charge in [-0.3, -0.25) is 14.4 Å². The summed E-state index contributed by atoms with van der Waals surface area (Å²) in [6, 6.07) is 0. The van der Waals surface area contributed by atoms with E-state index in [9.17, 15) is 19.2 Å². The average molecular weight is 437 g/mol. The minimum atomic E-state index is -2.26. The number of carbonyl (C=O) groups is 4. The van der Waals surface area contributed by atoms with Crippen molar-refractivity contribution < 1.29 is 28.4 Å². The molecule has 1 aliphatic heterocycles. The third kappa shape index (κ3) is 5.84. The van der Waals surface area contributed by atoms with Gasteiger partial charge in [-0.15, -0.1) is 5.06 Å². The molecule has 0 radical (unpaired) electrons. The molecular weight excluding hydrogens is 403 g/mol. The number of halogens is 1. The Morgan fingerprint density at radius 3 is 2.35 bits per heavy atom. The Balaban J connectivity index is 2.16. The summed E-state index contributed by atoms with van der Waals surface area (Å²) in [4.78, 5) is 54.5. The summed E-state index contributed by atoms with van der Waals surface area (Å²) in [6.07, 6.45) is 3.86. The summed E-state index contributed by atoms with van der Waals surface area (Å²) in [5.41, 5.74) is -4.27. The number of alkyl halides is 1. The van der Waals surface area contributed by atoms with Crippen molar-refractivity contribution in [1.29, 1.82) is 0 Å². The van der Waals surface area contributed by atoms with Crippen LogP contribution in [0.4, 0.5) is 4.39 Å². The van der Waals surface area contributed by atoms with E-state index in [4.69, 9.17) is 4.84 Å². The largest absolute Gasteiger partial charge is 0.347 e. The van der Waals surface area contributed by atoms with Crippen LogP contribution < -0.4 is 5.32 Å². The molecule has 1 fully saturated rings. The highest BCUT2D eigenvalue weighted by Crippen LogP contribution is 2.36. The third-order valence-electron chi connectivity index (χ3n) is 6.40. The lowest BCUT2D eigenvalue weighted by molar-refractivity contribution is -0.205. The van der Waals surface area contributed by atoms with Crippen LogP contribution >= 0.6 is 0 Å². The summed E-state index contributed by atoms with van der Waals surface area (Å²) in [5, 5.41) is 3.31. The molecule has 2 rings (SSSR count). The number of amides is 3. The van der Waals surface area contributed by atoms with Crippen LogP contribution in [0, 0.1) is 17.3 Å². The van der Waals surface area contributed by atoms with E-state index >= 15 is 4.39 Å². The van der Waals surface area contributed by atoms with Crippen molar-refractivity contribution in [3.05, 3.63) is 0 Å². The van der Waals surface area contributed by atoms with Crippen molar-refractivity contribution in [3.63, 3.8) is 0 Å². The summed E-state index contributed by atoms with van der Waals surface area (Å²) >= 11 is 0. The van der Waals surface area contributed by atoms with Gasteiger partial charge in [0.25, 0.3) is 17.7 Å². The molecule has 0 spiro atoms. The molecule has 1 aliphatic carbocycles. The molecule has 0 aromatic carbocycles. The van der Waals surface area contributed by atoms with E-state index in [1.54, 1.807) is 20.8 Å². The minimum Gasteiger partial charge on any atom is -0.347 e. The maximum Gasteiger partial charge on any atom is 0.339 e. The van der Waals surface area contributed by atoms with Crippen LogP contribution in [0.2, 0.25) is 0 Å². The SMILES string of the molecule is CCC(C)(CC(C)(CC)C(=O)ON1C(=O)CCC1=O)NC(=O)C1(F)C#CCCCCC1. The average Bonchev–Trinajstić information content (AvgIpc) is 3.02. The van der Waals surface area contributed by atoms with E-state index in [-0.39, 0.29) is 25.7 Å². The Morgan fingerprint density at radius 2 is 1.77 bits per heavy atom. The van der Waals surface area contributed by atoms with Crippen molar-refractivity contribution in [2.45, 2.75) is 103 Å². The highest BCUT2D eigenvalue weighted by atomic mass is 19.1. The number of hydroxylamine groups is 2. The first-order valence-electron chi connectivity index (χ1n) is 11.1. The van der Waals surface area contributed by atoms with Gasteiger partial charge in [-0.25, -0.2) is 9.18 Å². The lowest BCUT2D eigenvalue weighted by Crippen LogP contribution is -2.56. The van der Waals surface area contributed by atoms with Gasteiger partial charge in [0.15, 0.2) is 0 Å². The van der Waals surface area contributed by atoms with Gasteiger partial charge in [0, 0.05) is 31.2 Å². The lowest BCUT2D eigenvalue weighted by Gasteiger charge is -2.39. The van der Waals surface area contributed by atoms with Gasteiger partial charge in [0.1, 0.15) is 0 Å². The molecule has 8 heteroatoms. The molecule has 3 amide bonds. The van der Waals surface area contributed by atoms with E-state index in [1.807, 2.05) is 6.92 Å². The molecule has 0 aromatic heterocycles. The molecule has 0 saturated carbocycles. The predicted molar refractivity (Wildman–Crippen MR) is 112 cm³/mol. The summed E-state index contributed by atoms with van der Waals surface area (Å²) < 4.78 is 15.3. The number of imide groups is 1. The number of nitrogens with zero attached hydrogens (tertiary/aromatic N) is 1. The summed E-state index contributed by atoms with van der Waals surface area (Å²) in [7, 11) is 0. The first-order valence-corrected chi connectivity index (χ1v) is 11.1. The van der Waals surface area contributed by atoms with E-state index in [1.165, 1.54) is 0 Å². The predicted octanol–water partition coefficient (Wildman–Crippen LogP) is 3.36. The number of hydrogen-bond acceptors (Lipinski definition) is 5. The van der Waals surface area contributed by atoms with Gasteiger partial charge in [0.05, 0.1) is 5.41 Å². The van der Waals surface area contributed by atoms with Crippen molar-refractivity contribution in [2.75, 3.05) is 0 Å². The van der Waals surface area contributed by atoms with Crippen LogP contribution in [0.1, 0.15) is 91.9 Å². The third-order valence-corrected chi connectivity index (χ3v) is 6.40. The fourth-order valence-corrected chi connectivity index (χ4v) is 3.88. The highest BCUT2D eigenvalue weighted by molar-refractivity contribution is 6.01. The fourth-order valence-electron chi connectivity index (χ4n) is 3.88. The Morgan fingerprint density at radius 1 is 1.13 bits per heavy atom. The first kappa shape index (κ1) is 24.8. The van der Waals surface area contributed by atoms with Crippen molar-refractivity contribution in [3.8, 4) is 11.8 Å². The Kier molecular flexibility index (Phi) is 7.85. The van der Waals surface area contributed by atoms with E-state index in [0.29, 0.717) is 30.7 Å². The second kappa shape index (κ2) is 9.80. The smallest absolute Gasteiger partial charge is 0.339 e. The number of hydrogen-bond donors (Lipinski definition) is 1. The zero-order chi connectivity index (χ0) is 23.3.